The molecule has 0 aliphatic heterocycles. The highest BCUT2D eigenvalue weighted by Crippen LogP contribution is 2.37. The molecule has 1 N–H and O–H groups in total. The second-order valence-corrected chi connectivity index (χ2v) is 4.50. The minimum absolute atomic E-state index is 0.301. The van der Waals surface area contributed by atoms with Crippen LogP contribution < -0.4 is 0 Å². The summed E-state index contributed by atoms with van der Waals surface area (Å²) >= 11 is 0. The van der Waals surface area contributed by atoms with Gasteiger partial charge in [-0.05, 0) is 29.9 Å². The Morgan fingerprint density at radius 3 is 2.82 bits per heavy atom. The van der Waals surface area contributed by atoms with Crippen LogP contribution in [0.2, 0.25) is 0 Å². The fourth-order valence-electron chi connectivity index (χ4n) is 2.40. The second-order valence-electron chi connectivity index (χ2n) is 4.50. The van der Waals surface area contributed by atoms with Gasteiger partial charge in [0.15, 0.2) is 0 Å². The Labute approximate surface area is 102 Å². The van der Waals surface area contributed by atoms with Crippen molar-refractivity contribution < 1.29 is 14.6 Å². The minimum Gasteiger partial charge on any atom is -0.388 e. The molecule has 1 aliphatic carbocycles. The second kappa shape index (κ2) is 6.15. The minimum atomic E-state index is -0.322. The number of hydrogen-bond acceptors (Lipinski definition) is 3. The standard InChI is InChI=1S/C14H20O3/c1-16-8-9-17-7-6-12-10-11-4-2-3-5-13(11)14(12)15/h2-5,12,14-15H,6-10H2,1H3. The van der Waals surface area contributed by atoms with Crippen molar-refractivity contribution in [3.63, 3.8) is 0 Å². The topological polar surface area (TPSA) is 38.7 Å². The molecule has 0 spiro atoms. The van der Waals surface area contributed by atoms with Crippen molar-refractivity contribution >= 4 is 0 Å². The Balaban J connectivity index is 1.78. The van der Waals surface area contributed by atoms with E-state index in [9.17, 15) is 5.11 Å². The monoisotopic (exact) mass is 236 g/mol. The molecule has 1 aromatic carbocycles. The number of methoxy groups -OCH3 is 1. The van der Waals surface area contributed by atoms with E-state index in [2.05, 4.69) is 6.07 Å². The van der Waals surface area contributed by atoms with Gasteiger partial charge in [0.25, 0.3) is 0 Å². The number of rotatable bonds is 6. The van der Waals surface area contributed by atoms with Crippen molar-refractivity contribution in [2.24, 2.45) is 5.92 Å². The summed E-state index contributed by atoms with van der Waals surface area (Å²) in [5.74, 6) is 0.301. The Morgan fingerprint density at radius 1 is 1.24 bits per heavy atom. The summed E-state index contributed by atoms with van der Waals surface area (Å²) in [6, 6.07) is 8.14. The summed E-state index contributed by atoms with van der Waals surface area (Å²) in [5.41, 5.74) is 2.37. The SMILES string of the molecule is COCCOCCC1Cc2ccccc2C1O. The van der Waals surface area contributed by atoms with Crippen molar-refractivity contribution in [2.75, 3.05) is 26.9 Å². The lowest BCUT2D eigenvalue weighted by molar-refractivity contribution is 0.0468. The van der Waals surface area contributed by atoms with Crippen LogP contribution in [0.5, 0.6) is 0 Å². The third-order valence-electron chi connectivity index (χ3n) is 3.37. The maximum atomic E-state index is 10.2. The molecule has 3 nitrogen and oxygen atoms in total. The average molecular weight is 236 g/mol. The fraction of sp³-hybridized carbons (Fsp3) is 0.571. The average Bonchev–Trinajstić information content (AvgIpc) is 2.67. The van der Waals surface area contributed by atoms with E-state index in [0.717, 1.165) is 18.4 Å². The first-order valence-corrected chi connectivity index (χ1v) is 6.15. The molecule has 0 amide bonds. The van der Waals surface area contributed by atoms with Crippen molar-refractivity contribution in [2.45, 2.75) is 18.9 Å². The van der Waals surface area contributed by atoms with Crippen molar-refractivity contribution in [1.82, 2.24) is 0 Å². The van der Waals surface area contributed by atoms with Crippen LogP contribution in [-0.2, 0) is 15.9 Å². The molecule has 2 atom stereocenters. The summed E-state index contributed by atoms with van der Waals surface area (Å²) in [4.78, 5) is 0. The number of ether oxygens (including phenoxy) is 2. The van der Waals surface area contributed by atoms with Gasteiger partial charge in [0.1, 0.15) is 0 Å². The molecule has 2 rings (SSSR count). The maximum Gasteiger partial charge on any atom is 0.0824 e. The predicted molar refractivity (Wildman–Crippen MR) is 65.9 cm³/mol. The fourth-order valence-corrected chi connectivity index (χ4v) is 2.40. The molecule has 0 fully saturated rings. The van der Waals surface area contributed by atoms with E-state index in [1.807, 2.05) is 18.2 Å². The van der Waals surface area contributed by atoms with Gasteiger partial charge in [-0.3, -0.25) is 0 Å². The van der Waals surface area contributed by atoms with Gasteiger partial charge in [0, 0.05) is 13.7 Å². The number of aliphatic hydroxyl groups is 1. The number of benzene rings is 1. The first kappa shape index (κ1) is 12.6. The molecule has 1 aliphatic rings. The normalized spacial score (nSPS) is 22.7. The van der Waals surface area contributed by atoms with Gasteiger partial charge in [0.05, 0.1) is 19.3 Å². The summed E-state index contributed by atoms with van der Waals surface area (Å²) < 4.78 is 10.4. The van der Waals surface area contributed by atoms with Gasteiger partial charge >= 0.3 is 0 Å². The van der Waals surface area contributed by atoms with Crippen LogP contribution in [0, 0.1) is 5.92 Å². The Hall–Kier alpha value is -0.900. The third-order valence-corrected chi connectivity index (χ3v) is 3.37. The zero-order valence-electron chi connectivity index (χ0n) is 10.3. The highest BCUT2D eigenvalue weighted by molar-refractivity contribution is 5.34. The summed E-state index contributed by atoms with van der Waals surface area (Å²) in [5, 5.41) is 10.2. The van der Waals surface area contributed by atoms with Crippen LogP contribution in [0.3, 0.4) is 0 Å². The van der Waals surface area contributed by atoms with Gasteiger partial charge in [-0.2, -0.15) is 0 Å². The molecule has 3 heteroatoms. The van der Waals surface area contributed by atoms with Crippen LogP contribution in [-0.4, -0.2) is 32.0 Å². The van der Waals surface area contributed by atoms with E-state index < -0.39 is 0 Å². The highest BCUT2D eigenvalue weighted by atomic mass is 16.5. The Morgan fingerprint density at radius 2 is 2.06 bits per heavy atom. The van der Waals surface area contributed by atoms with Crippen LogP contribution in [0.25, 0.3) is 0 Å². The van der Waals surface area contributed by atoms with Gasteiger partial charge in [-0.25, -0.2) is 0 Å². The van der Waals surface area contributed by atoms with Gasteiger partial charge in [-0.15, -0.1) is 0 Å². The molecule has 94 valence electrons. The molecular formula is C14H20O3. The quantitative estimate of drug-likeness (QED) is 0.767. The first-order valence-electron chi connectivity index (χ1n) is 6.15. The molecule has 17 heavy (non-hydrogen) atoms. The lowest BCUT2D eigenvalue weighted by Gasteiger charge is -2.14. The van der Waals surface area contributed by atoms with Crippen LogP contribution in [0.15, 0.2) is 24.3 Å². The predicted octanol–water partition coefficient (Wildman–Crippen LogP) is 1.95. The van der Waals surface area contributed by atoms with Gasteiger partial charge in [-0.1, -0.05) is 24.3 Å². The van der Waals surface area contributed by atoms with E-state index in [1.165, 1.54) is 5.56 Å². The molecule has 1 aromatic rings. The largest absolute Gasteiger partial charge is 0.388 e. The Bertz CT molecular complexity index is 351. The van der Waals surface area contributed by atoms with E-state index in [1.54, 1.807) is 7.11 Å². The zero-order chi connectivity index (χ0) is 12.1. The highest BCUT2D eigenvalue weighted by Gasteiger charge is 2.29. The van der Waals surface area contributed by atoms with Crippen LogP contribution in [0.1, 0.15) is 23.7 Å². The lowest BCUT2D eigenvalue weighted by Crippen LogP contribution is -2.12. The van der Waals surface area contributed by atoms with E-state index in [0.29, 0.717) is 25.7 Å². The van der Waals surface area contributed by atoms with Crippen molar-refractivity contribution in [1.29, 1.82) is 0 Å². The van der Waals surface area contributed by atoms with Crippen molar-refractivity contribution in [3.8, 4) is 0 Å². The molecule has 0 saturated carbocycles. The zero-order valence-corrected chi connectivity index (χ0v) is 10.3. The molecule has 0 bridgehead atoms. The maximum absolute atomic E-state index is 10.2. The molecule has 0 radical (unpaired) electrons. The van der Waals surface area contributed by atoms with E-state index in [4.69, 9.17) is 9.47 Å². The lowest BCUT2D eigenvalue weighted by atomic mass is 10.0. The summed E-state index contributed by atoms with van der Waals surface area (Å²) in [6.45, 7) is 1.96. The molecule has 0 heterocycles. The summed E-state index contributed by atoms with van der Waals surface area (Å²) in [7, 11) is 1.67. The molecule has 0 saturated heterocycles. The van der Waals surface area contributed by atoms with Gasteiger partial charge < -0.3 is 14.6 Å². The van der Waals surface area contributed by atoms with E-state index >= 15 is 0 Å². The third kappa shape index (κ3) is 3.06. The Kier molecular flexibility index (Phi) is 4.54. The smallest absolute Gasteiger partial charge is 0.0824 e. The molecular weight excluding hydrogens is 216 g/mol. The van der Waals surface area contributed by atoms with E-state index in [-0.39, 0.29) is 6.10 Å². The number of aliphatic hydroxyl groups excluding tert-OH is 1. The van der Waals surface area contributed by atoms with Crippen molar-refractivity contribution in [3.05, 3.63) is 35.4 Å². The number of hydrogen-bond donors (Lipinski definition) is 1. The summed E-state index contributed by atoms with van der Waals surface area (Å²) in [6.07, 6.45) is 1.54. The van der Waals surface area contributed by atoms with Crippen LogP contribution in [0.4, 0.5) is 0 Å². The molecule has 0 aromatic heterocycles. The first-order chi connectivity index (χ1) is 8.33. The van der Waals surface area contributed by atoms with Gasteiger partial charge in [0.2, 0.25) is 0 Å². The molecule has 2 unspecified atom stereocenters. The van der Waals surface area contributed by atoms with Crippen LogP contribution >= 0.6 is 0 Å². The number of fused-ring (bicyclic) bond motifs is 1.